The first-order valence-electron chi connectivity index (χ1n) is 4.31. The van der Waals surface area contributed by atoms with Crippen LogP contribution in [0, 0.1) is 12.3 Å². The Hall–Kier alpha value is -1.22. The normalized spacial score (nSPS) is 15.2. The molecule has 0 aromatic rings. The molecule has 0 heterocycles. The summed E-state index contributed by atoms with van der Waals surface area (Å²) in [4.78, 5) is 11.1. The molecule has 0 spiro atoms. The highest BCUT2D eigenvalue weighted by atomic mass is 19.4. The molecular weight excluding hydrogens is 209 g/mol. The Morgan fingerprint density at radius 1 is 1.53 bits per heavy atom. The van der Waals surface area contributed by atoms with E-state index in [1.165, 1.54) is 0 Å². The van der Waals surface area contributed by atoms with Gasteiger partial charge in [-0.2, -0.15) is 13.2 Å². The van der Waals surface area contributed by atoms with Crippen LogP contribution >= 0.6 is 0 Å². The predicted molar refractivity (Wildman–Crippen MR) is 49.7 cm³/mol. The molecule has 0 saturated heterocycles. The Morgan fingerprint density at radius 3 is 2.47 bits per heavy atom. The minimum absolute atomic E-state index is 0.0892. The van der Waals surface area contributed by atoms with Crippen LogP contribution in [-0.4, -0.2) is 24.2 Å². The van der Waals surface area contributed by atoms with Gasteiger partial charge < -0.3 is 11.1 Å². The van der Waals surface area contributed by atoms with E-state index < -0.39 is 17.6 Å². The first kappa shape index (κ1) is 13.8. The number of alkyl halides is 3. The number of nitrogens with two attached hydrogens (primary N) is 1. The van der Waals surface area contributed by atoms with Crippen molar-refractivity contribution in [2.24, 2.45) is 5.73 Å². The molecule has 0 aromatic carbocycles. The van der Waals surface area contributed by atoms with Gasteiger partial charge in [-0.1, -0.05) is 0 Å². The molecular formula is C9H13F3N2O. The van der Waals surface area contributed by atoms with Crippen molar-refractivity contribution in [2.75, 3.05) is 6.54 Å². The number of amides is 1. The number of carbonyl (C=O) groups excluding carboxylic acids is 1. The summed E-state index contributed by atoms with van der Waals surface area (Å²) in [5, 5.41) is 2.08. The molecule has 0 bridgehead atoms. The second-order valence-electron chi connectivity index (χ2n) is 3.26. The highest BCUT2D eigenvalue weighted by molar-refractivity contribution is 5.86. The zero-order valence-corrected chi connectivity index (χ0v) is 8.32. The number of halogens is 3. The average molecular weight is 222 g/mol. The molecule has 0 radical (unpaired) electrons. The maximum atomic E-state index is 12.2. The summed E-state index contributed by atoms with van der Waals surface area (Å²) in [6.07, 6.45) is 0.996. The fourth-order valence-electron chi connectivity index (χ4n) is 0.705. The van der Waals surface area contributed by atoms with Gasteiger partial charge in [-0.15, -0.1) is 12.3 Å². The standard InChI is InChI=1S/C9H13F3N2O/c1-3-4-5-6-14-7(15)8(2,13)9(10,11)12/h1H,4-6,13H2,2H3,(H,14,15). The van der Waals surface area contributed by atoms with E-state index in [1.807, 2.05) is 0 Å². The second kappa shape index (κ2) is 5.03. The van der Waals surface area contributed by atoms with Crippen LogP contribution in [0.4, 0.5) is 13.2 Å². The summed E-state index contributed by atoms with van der Waals surface area (Å²) in [6.45, 7) is 0.718. The van der Waals surface area contributed by atoms with Crippen LogP contribution in [-0.2, 0) is 4.79 Å². The van der Waals surface area contributed by atoms with Crippen LogP contribution in [0.2, 0.25) is 0 Å². The Kier molecular flexibility index (Phi) is 4.62. The van der Waals surface area contributed by atoms with Gasteiger partial charge in [-0.05, 0) is 13.3 Å². The first-order valence-corrected chi connectivity index (χ1v) is 4.31. The number of carbonyl (C=O) groups is 1. The van der Waals surface area contributed by atoms with E-state index in [4.69, 9.17) is 12.2 Å². The Labute approximate surface area is 86.2 Å². The summed E-state index contributed by atoms with van der Waals surface area (Å²) in [5.74, 6) is 1.06. The largest absolute Gasteiger partial charge is 0.415 e. The number of terminal acetylenes is 1. The number of unbranched alkanes of at least 4 members (excludes halogenated alkanes) is 1. The van der Waals surface area contributed by atoms with Crippen LogP contribution < -0.4 is 11.1 Å². The molecule has 1 amide bonds. The van der Waals surface area contributed by atoms with Gasteiger partial charge in [-0.25, -0.2) is 0 Å². The van der Waals surface area contributed by atoms with E-state index in [2.05, 4.69) is 11.2 Å². The molecule has 86 valence electrons. The predicted octanol–water partition coefficient (Wildman–Crippen LogP) is 0.796. The molecule has 1 atom stereocenters. The molecule has 0 aromatic heterocycles. The van der Waals surface area contributed by atoms with Crippen molar-refractivity contribution >= 4 is 5.91 Å². The summed E-state index contributed by atoms with van der Waals surface area (Å²) in [7, 11) is 0. The molecule has 0 aliphatic rings. The minimum atomic E-state index is -4.76. The van der Waals surface area contributed by atoms with Crippen molar-refractivity contribution in [3.63, 3.8) is 0 Å². The van der Waals surface area contributed by atoms with Gasteiger partial charge in [0.15, 0.2) is 5.54 Å². The number of hydrogen-bond donors (Lipinski definition) is 2. The fraction of sp³-hybridized carbons (Fsp3) is 0.667. The van der Waals surface area contributed by atoms with Crippen molar-refractivity contribution in [2.45, 2.75) is 31.5 Å². The average Bonchev–Trinajstić information content (AvgIpc) is 2.10. The highest BCUT2D eigenvalue weighted by Crippen LogP contribution is 2.27. The van der Waals surface area contributed by atoms with E-state index in [0.717, 1.165) is 0 Å². The molecule has 6 heteroatoms. The Morgan fingerprint density at radius 2 is 2.07 bits per heavy atom. The van der Waals surface area contributed by atoms with Gasteiger partial charge in [-0.3, -0.25) is 4.79 Å². The summed E-state index contributed by atoms with van der Waals surface area (Å²) in [5.41, 5.74) is 2.02. The van der Waals surface area contributed by atoms with Gasteiger partial charge in [0.1, 0.15) is 0 Å². The fourth-order valence-corrected chi connectivity index (χ4v) is 0.705. The zero-order valence-electron chi connectivity index (χ0n) is 8.32. The minimum Gasteiger partial charge on any atom is -0.354 e. The van der Waals surface area contributed by atoms with Crippen molar-refractivity contribution in [1.29, 1.82) is 0 Å². The summed E-state index contributed by atoms with van der Waals surface area (Å²) >= 11 is 0. The molecule has 0 saturated carbocycles. The van der Waals surface area contributed by atoms with Gasteiger partial charge >= 0.3 is 6.18 Å². The maximum Gasteiger partial charge on any atom is 0.415 e. The third-order valence-corrected chi connectivity index (χ3v) is 1.84. The van der Waals surface area contributed by atoms with Crippen molar-refractivity contribution < 1.29 is 18.0 Å². The van der Waals surface area contributed by atoms with Gasteiger partial charge in [0.05, 0.1) is 0 Å². The van der Waals surface area contributed by atoms with Crippen LogP contribution in [0.15, 0.2) is 0 Å². The quantitative estimate of drug-likeness (QED) is 0.546. The molecule has 0 aliphatic heterocycles. The molecule has 3 nitrogen and oxygen atoms in total. The van der Waals surface area contributed by atoms with E-state index in [1.54, 1.807) is 0 Å². The number of rotatable bonds is 4. The molecule has 0 fully saturated rings. The zero-order chi connectivity index (χ0) is 12.1. The van der Waals surface area contributed by atoms with E-state index in [0.29, 0.717) is 19.8 Å². The molecule has 3 N–H and O–H groups in total. The summed E-state index contributed by atoms with van der Waals surface area (Å²) in [6, 6.07) is 0. The second-order valence-corrected chi connectivity index (χ2v) is 3.26. The Balaban J connectivity index is 4.17. The SMILES string of the molecule is C#CCCCNC(=O)C(C)(N)C(F)(F)F. The van der Waals surface area contributed by atoms with Crippen LogP contribution in [0.25, 0.3) is 0 Å². The molecule has 15 heavy (non-hydrogen) atoms. The molecule has 1 unspecified atom stereocenters. The monoisotopic (exact) mass is 222 g/mol. The Bertz CT molecular complexity index is 266. The highest BCUT2D eigenvalue weighted by Gasteiger charge is 2.53. The van der Waals surface area contributed by atoms with Crippen molar-refractivity contribution in [3.05, 3.63) is 0 Å². The van der Waals surface area contributed by atoms with Crippen LogP contribution in [0.3, 0.4) is 0 Å². The molecule has 0 aliphatic carbocycles. The van der Waals surface area contributed by atoms with E-state index in [9.17, 15) is 18.0 Å². The number of nitrogens with one attached hydrogen (secondary N) is 1. The van der Waals surface area contributed by atoms with Gasteiger partial charge in [0.25, 0.3) is 0 Å². The lowest BCUT2D eigenvalue weighted by Gasteiger charge is -2.26. The number of hydrogen-bond acceptors (Lipinski definition) is 2. The van der Waals surface area contributed by atoms with Crippen LogP contribution in [0.1, 0.15) is 19.8 Å². The third kappa shape index (κ3) is 3.80. The lowest BCUT2D eigenvalue weighted by atomic mass is 10.0. The van der Waals surface area contributed by atoms with Crippen LogP contribution in [0.5, 0.6) is 0 Å². The van der Waals surface area contributed by atoms with E-state index >= 15 is 0 Å². The lowest BCUT2D eigenvalue weighted by Crippen LogP contribution is -2.61. The topological polar surface area (TPSA) is 55.1 Å². The van der Waals surface area contributed by atoms with Crippen molar-refractivity contribution in [3.8, 4) is 12.3 Å². The third-order valence-electron chi connectivity index (χ3n) is 1.84. The van der Waals surface area contributed by atoms with Gasteiger partial charge in [0, 0.05) is 13.0 Å². The molecule has 0 rings (SSSR count). The van der Waals surface area contributed by atoms with Crippen molar-refractivity contribution in [1.82, 2.24) is 5.32 Å². The first-order chi connectivity index (χ1) is 6.73. The van der Waals surface area contributed by atoms with Gasteiger partial charge in [0.2, 0.25) is 5.91 Å². The smallest absolute Gasteiger partial charge is 0.354 e. The lowest BCUT2D eigenvalue weighted by molar-refractivity contribution is -0.187. The maximum absolute atomic E-state index is 12.2. The van der Waals surface area contributed by atoms with E-state index in [-0.39, 0.29) is 6.54 Å². The summed E-state index contributed by atoms with van der Waals surface area (Å²) < 4.78 is 36.7.